The van der Waals surface area contributed by atoms with E-state index in [1.54, 1.807) is 0 Å². The van der Waals surface area contributed by atoms with Crippen LogP contribution in [0.15, 0.2) is 18.2 Å². The summed E-state index contributed by atoms with van der Waals surface area (Å²) in [5, 5.41) is 0.402. The van der Waals surface area contributed by atoms with Gasteiger partial charge in [0.2, 0.25) is 10.0 Å². The zero-order chi connectivity index (χ0) is 15.0. The maximum absolute atomic E-state index is 11.3. The predicted molar refractivity (Wildman–Crippen MR) is 84.6 cm³/mol. The van der Waals surface area contributed by atoms with Gasteiger partial charge in [-0.25, -0.2) is 13.4 Å². The Labute approximate surface area is 128 Å². The van der Waals surface area contributed by atoms with Crippen LogP contribution < -0.4 is 9.46 Å². The lowest BCUT2D eigenvalue weighted by molar-refractivity contribution is 0.288. The average molecular weight is 324 g/mol. The predicted octanol–water partition coefficient (Wildman–Crippen LogP) is 2.82. The van der Waals surface area contributed by atoms with Crippen molar-refractivity contribution in [1.82, 2.24) is 4.98 Å². The van der Waals surface area contributed by atoms with Crippen LogP contribution in [-0.4, -0.2) is 26.3 Å². The molecule has 5 nitrogen and oxygen atoms in total. The number of aromatic nitrogens is 1. The molecule has 0 saturated carbocycles. The maximum Gasteiger partial charge on any atom is 0.231 e. The second-order valence-electron chi connectivity index (χ2n) is 5.07. The van der Waals surface area contributed by atoms with Gasteiger partial charge in [-0.15, -0.1) is 11.3 Å². The Kier molecular flexibility index (Phi) is 3.62. The van der Waals surface area contributed by atoms with Crippen LogP contribution >= 0.6 is 11.3 Å². The molecule has 1 N–H and O–H groups in total. The topological polar surface area (TPSA) is 68.3 Å². The Morgan fingerprint density at radius 3 is 2.95 bits per heavy atom. The molecular weight excluding hydrogens is 308 g/mol. The first-order chi connectivity index (χ1) is 9.92. The first-order valence-corrected chi connectivity index (χ1v) is 9.34. The molecule has 2 heterocycles. The summed E-state index contributed by atoms with van der Waals surface area (Å²) in [6.07, 6.45) is 3.15. The van der Waals surface area contributed by atoms with Crippen molar-refractivity contribution in [3.63, 3.8) is 0 Å². The van der Waals surface area contributed by atoms with E-state index in [2.05, 4.69) is 15.8 Å². The van der Waals surface area contributed by atoms with E-state index in [1.807, 2.05) is 19.1 Å². The molecule has 0 amide bonds. The van der Waals surface area contributed by atoms with Crippen LogP contribution in [0, 0.1) is 6.92 Å². The molecule has 1 aromatic carbocycles. The maximum atomic E-state index is 11.3. The average Bonchev–Trinajstić information content (AvgIpc) is 2.76. The van der Waals surface area contributed by atoms with Crippen molar-refractivity contribution in [2.45, 2.75) is 19.8 Å². The second-order valence-corrected chi connectivity index (χ2v) is 8.02. The van der Waals surface area contributed by atoms with Crippen molar-refractivity contribution >= 4 is 26.5 Å². The molecule has 0 radical (unpaired) electrons. The van der Waals surface area contributed by atoms with Crippen molar-refractivity contribution in [2.75, 3.05) is 17.6 Å². The van der Waals surface area contributed by atoms with Crippen molar-refractivity contribution in [2.24, 2.45) is 0 Å². The van der Waals surface area contributed by atoms with Crippen LogP contribution in [0.25, 0.3) is 11.3 Å². The first-order valence-electron chi connectivity index (χ1n) is 6.64. The Bertz CT molecular complexity index is 782. The van der Waals surface area contributed by atoms with Crippen molar-refractivity contribution < 1.29 is 13.2 Å². The minimum absolute atomic E-state index is 0.402. The number of hydrogen-bond donors (Lipinski definition) is 1. The van der Waals surface area contributed by atoms with Gasteiger partial charge in [0, 0.05) is 10.4 Å². The van der Waals surface area contributed by atoms with E-state index in [1.165, 1.54) is 16.9 Å². The molecule has 3 rings (SSSR count). The molecule has 0 aliphatic carbocycles. The molecule has 2 aromatic rings. The van der Waals surface area contributed by atoms with E-state index in [-0.39, 0.29) is 0 Å². The summed E-state index contributed by atoms with van der Waals surface area (Å²) < 4.78 is 30.6. The highest BCUT2D eigenvalue weighted by Crippen LogP contribution is 2.34. The second kappa shape index (κ2) is 5.31. The number of thiazole rings is 1. The molecule has 112 valence electrons. The molecular formula is C14H16N2O3S2. The molecule has 1 aliphatic heterocycles. The van der Waals surface area contributed by atoms with Gasteiger partial charge in [0.1, 0.15) is 5.75 Å². The summed E-state index contributed by atoms with van der Waals surface area (Å²) in [6, 6.07) is 6.02. The fourth-order valence-corrected chi connectivity index (χ4v) is 4.04. The fraction of sp³-hybridized carbons (Fsp3) is 0.357. The number of rotatable bonds is 3. The lowest BCUT2D eigenvalue weighted by atomic mass is 10.0. The van der Waals surface area contributed by atoms with E-state index < -0.39 is 10.0 Å². The van der Waals surface area contributed by atoms with Crippen LogP contribution in [0.5, 0.6) is 5.75 Å². The van der Waals surface area contributed by atoms with Crippen LogP contribution in [0.1, 0.15) is 16.9 Å². The number of hydrogen-bond acceptors (Lipinski definition) is 5. The van der Waals surface area contributed by atoms with E-state index in [9.17, 15) is 8.42 Å². The van der Waals surface area contributed by atoms with Gasteiger partial charge in [0.15, 0.2) is 5.13 Å². The monoisotopic (exact) mass is 324 g/mol. The highest BCUT2D eigenvalue weighted by atomic mass is 32.2. The highest BCUT2D eigenvalue weighted by molar-refractivity contribution is 7.92. The van der Waals surface area contributed by atoms with Crippen LogP contribution in [0.4, 0.5) is 5.13 Å². The lowest BCUT2D eigenvalue weighted by Gasteiger charge is -2.17. The number of fused-ring (bicyclic) bond motifs is 1. The highest BCUT2D eigenvalue weighted by Gasteiger charge is 2.16. The summed E-state index contributed by atoms with van der Waals surface area (Å²) in [7, 11) is -3.30. The molecule has 0 spiro atoms. The van der Waals surface area contributed by atoms with Gasteiger partial charge < -0.3 is 4.74 Å². The van der Waals surface area contributed by atoms with E-state index >= 15 is 0 Å². The number of aryl methyl sites for hydroxylation is 2. The van der Waals surface area contributed by atoms with E-state index in [0.717, 1.165) is 47.6 Å². The van der Waals surface area contributed by atoms with Gasteiger partial charge in [-0.3, -0.25) is 4.72 Å². The van der Waals surface area contributed by atoms with Gasteiger partial charge >= 0.3 is 0 Å². The number of benzene rings is 1. The minimum atomic E-state index is -3.30. The lowest BCUT2D eigenvalue weighted by Crippen LogP contribution is -2.09. The molecule has 0 atom stereocenters. The molecule has 0 saturated heterocycles. The summed E-state index contributed by atoms with van der Waals surface area (Å²) >= 11 is 1.34. The number of nitrogens with zero attached hydrogens (tertiary/aromatic N) is 1. The Morgan fingerprint density at radius 2 is 2.19 bits per heavy atom. The molecule has 0 bridgehead atoms. The normalized spacial score (nSPS) is 14.4. The zero-order valence-electron chi connectivity index (χ0n) is 11.8. The number of nitrogens with one attached hydrogen (secondary N) is 1. The summed E-state index contributed by atoms with van der Waals surface area (Å²) in [5.41, 5.74) is 3.00. The standard InChI is InChI=1S/C14H16N2O3S2/c1-9-13(15-14(20-9)16-21(2,17)18)11-5-6-12-10(8-11)4-3-7-19-12/h5-6,8H,3-4,7H2,1-2H3,(H,15,16). The van der Waals surface area contributed by atoms with Crippen LogP contribution in [0.3, 0.4) is 0 Å². The summed E-state index contributed by atoms with van der Waals surface area (Å²) in [5.74, 6) is 0.937. The number of ether oxygens (including phenoxy) is 1. The van der Waals surface area contributed by atoms with Gasteiger partial charge in [-0.1, -0.05) is 0 Å². The summed E-state index contributed by atoms with van der Waals surface area (Å²) in [6.45, 7) is 2.71. The van der Waals surface area contributed by atoms with Crippen molar-refractivity contribution in [3.05, 3.63) is 28.6 Å². The van der Waals surface area contributed by atoms with Crippen molar-refractivity contribution in [1.29, 1.82) is 0 Å². The third-order valence-corrected chi connectivity index (χ3v) is 4.83. The van der Waals surface area contributed by atoms with Gasteiger partial charge in [-0.05, 0) is 43.5 Å². The molecule has 1 aliphatic rings. The molecule has 21 heavy (non-hydrogen) atoms. The SMILES string of the molecule is Cc1sc(NS(C)(=O)=O)nc1-c1ccc2c(c1)CCCO2. The Hall–Kier alpha value is -1.60. The van der Waals surface area contributed by atoms with E-state index in [4.69, 9.17) is 4.74 Å². The fourth-order valence-electron chi connectivity index (χ4n) is 2.37. The summed E-state index contributed by atoms with van der Waals surface area (Å²) in [4.78, 5) is 5.39. The molecule has 7 heteroatoms. The first kappa shape index (κ1) is 14.3. The molecule has 1 aromatic heterocycles. The van der Waals surface area contributed by atoms with Crippen LogP contribution in [0.2, 0.25) is 0 Å². The quantitative estimate of drug-likeness (QED) is 0.942. The van der Waals surface area contributed by atoms with Gasteiger partial charge in [-0.2, -0.15) is 0 Å². The minimum Gasteiger partial charge on any atom is -0.493 e. The third-order valence-electron chi connectivity index (χ3n) is 3.25. The van der Waals surface area contributed by atoms with E-state index in [0.29, 0.717) is 5.13 Å². The number of sulfonamides is 1. The van der Waals surface area contributed by atoms with Gasteiger partial charge in [0.05, 0.1) is 18.6 Å². The zero-order valence-corrected chi connectivity index (χ0v) is 13.5. The number of anilines is 1. The van der Waals surface area contributed by atoms with Crippen LogP contribution in [-0.2, 0) is 16.4 Å². The molecule has 0 fully saturated rings. The Morgan fingerprint density at radius 1 is 1.38 bits per heavy atom. The van der Waals surface area contributed by atoms with Crippen molar-refractivity contribution in [3.8, 4) is 17.0 Å². The molecule has 0 unspecified atom stereocenters. The smallest absolute Gasteiger partial charge is 0.231 e. The van der Waals surface area contributed by atoms with Gasteiger partial charge in [0.25, 0.3) is 0 Å². The largest absolute Gasteiger partial charge is 0.493 e. The Balaban J connectivity index is 1.97. The third kappa shape index (κ3) is 3.19.